The van der Waals surface area contributed by atoms with E-state index < -0.39 is 10.0 Å². The molecule has 0 radical (unpaired) electrons. The summed E-state index contributed by atoms with van der Waals surface area (Å²) < 4.78 is 28.3. The van der Waals surface area contributed by atoms with Crippen LogP contribution in [0.2, 0.25) is 0 Å². The highest BCUT2D eigenvalue weighted by Gasteiger charge is 2.18. The average Bonchev–Trinajstić information content (AvgIpc) is 2.70. The maximum Gasteiger partial charge on any atom is 0.259 e. The van der Waals surface area contributed by atoms with Crippen molar-refractivity contribution >= 4 is 22.4 Å². The van der Waals surface area contributed by atoms with E-state index in [1.807, 2.05) is 6.08 Å². The number of aryl methyl sites for hydroxylation is 2. The van der Waals surface area contributed by atoms with Crippen LogP contribution < -0.4 is 10.0 Å². The molecule has 0 atom stereocenters. The quantitative estimate of drug-likeness (QED) is 0.787. The first-order valence-corrected chi connectivity index (χ1v) is 7.35. The summed E-state index contributed by atoms with van der Waals surface area (Å²) in [6, 6.07) is 0. The zero-order valence-corrected chi connectivity index (χ0v) is 12.6. The van der Waals surface area contributed by atoms with E-state index in [-0.39, 0.29) is 17.4 Å². The van der Waals surface area contributed by atoms with Gasteiger partial charge in [0, 0.05) is 26.3 Å². The number of nitrogens with one attached hydrogen (secondary N) is 2. The lowest BCUT2D eigenvalue weighted by molar-refractivity contribution is 0.579. The van der Waals surface area contributed by atoms with Crippen molar-refractivity contribution in [3.8, 4) is 0 Å². The van der Waals surface area contributed by atoms with E-state index in [2.05, 4.69) is 15.0 Å². The Kier molecular flexibility index (Phi) is 5.54. The third kappa shape index (κ3) is 4.04. The summed E-state index contributed by atoms with van der Waals surface area (Å²) in [5.74, 6) is 0.677. The molecular formula is C11H19ClN4O2S. The molecule has 0 unspecified atom stereocenters. The monoisotopic (exact) mass is 306 g/mol. The molecule has 0 aliphatic carbocycles. The van der Waals surface area contributed by atoms with Crippen LogP contribution >= 0.6 is 12.4 Å². The lowest BCUT2D eigenvalue weighted by atomic mass is 10.1. The second-order valence-electron chi connectivity index (χ2n) is 4.38. The fourth-order valence-electron chi connectivity index (χ4n) is 1.75. The number of hydrogen-bond acceptors (Lipinski definition) is 4. The summed E-state index contributed by atoms with van der Waals surface area (Å²) in [6.45, 7) is 3.84. The summed E-state index contributed by atoms with van der Waals surface area (Å²) in [4.78, 5) is 4.03. The Morgan fingerprint density at radius 2 is 2.26 bits per heavy atom. The fraction of sp³-hybridized carbons (Fsp3) is 0.545. The molecule has 0 fully saturated rings. The van der Waals surface area contributed by atoms with Crippen molar-refractivity contribution in [2.75, 3.05) is 19.6 Å². The number of nitrogens with zero attached hydrogens (tertiary/aromatic N) is 2. The van der Waals surface area contributed by atoms with E-state index in [4.69, 9.17) is 0 Å². The third-order valence-corrected chi connectivity index (χ3v) is 4.28. The smallest absolute Gasteiger partial charge is 0.259 e. The van der Waals surface area contributed by atoms with Gasteiger partial charge in [0.25, 0.3) is 10.0 Å². The standard InChI is InChI=1S/C11H18N4O2S.ClH/c1-9-14-11(8-15(9)2)18(16,17)13-7-10-3-5-12-6-4-10;/h3,8,12-13H,4-7H2,1-2H3;1H. The Balaban J connectivity index is 0.00000180. The van der Waals surface area contributed by atoms with Crippen molar-refractivity contribution < 1.29 is 8.42 Å². The van der Waals surface area contributed by atoms with Gasteiger partial charge in [0.15, 0.2) is 5.03 Å². The Bertz CT molecular complexity index is 546. The highest BCUT2D eigenvalue weighted by atomic mass is 35.5. The number of aromatic nitrogens is 2. The molecular weight excluding hydrogens is 288 g/mol. The van der Waals surface area contributed by atoms with Crippen molar-refractivity contribution in [1.29, 1.82) is 0 Å². The molecule has 2 rings (SSSR count). The summed E-state index contributed by atoms with van der Waals surface area (Å²) in [5.41, 5.74) is 1.12. The van der Waals surface area contributed by atoms with Gasteiger partial charge in [0.2, 0.25) is 0 Å². The lowest BCUT2D eigenvalue weighted by Gasteiger charge is -2.14. The first-order chi connectivity index (χ1) is 8.49. The zero-order valence-electron chi connectivity index (χ0n) is 11.0. The van der Waals surface area contributed by atoms with Crippen LogP contribution in [-0.2, 0) is 17.1 Å². The van der Waals surface area contributed by atoms with Gasteiger partial charge < -0.3 is 9.88 Å². The second kappa shape index (κ2) is 6.51. The van der Waals surface area contributed by atoms with Crippen molar-refractivity contribution in [2.24, 2.45) is 7.05 Å². The summed E-state index contributed by atoms with van der Waals surface area (Å²) in [6.07, 6.45) is 4.42. The Labute approximate surface area is 119 Å². The van der Waals surface area contributed by atoms with E-state index >= 15 is 0 Å². The molecule has 19 heavy (non-hydrogen) atoms. The predicted molar refractivity (Wildman–Crippen MR) is 76.0 cm³/mol. The molecule has 0 amide bonds. The van der Waals surface area contributed by atoms with Crippen LogP contribution in [0.15, 0.2) is 22.9 Å². The summed E-state index contributed by atoms with van der Waals surface area (Å²) in [7, 11) is -1.73. The van der Waals surface area contributed by atoms with Crippen LogP contribution in [0.1, 0.15) is 12.2 Å². The van der Waals surface area contributed by atoms with E-state index in [1.54, 1.807) is 18.5 Å². The zero-order chi connectivity index (χ0) is 13.2. The van der Waals surface area contributed by atoms with Gasteiger partial charge >= 0.3 is 0 Å². The molecule has 0 spiro atoms. The SMILES string of the molecule is Cc1nc(S(=O)(=O)NCC2=CCNCC2)cn1C.Cl. The van der Waals surface area contributed by atoms with E-state index in [9.17, 15) is 8.42 Å². The normalized spacial score (nSPS) is 15.8. The Hall–Kier alpha value is -0.890. The minimum Gasteiger partial charge on any atom is -0.337 e. The molecule has 1 aliphatic rings. The first-order valence-electron chi connectivity index (χ1n) is 5.87. The highest BCUT2D eigenvalue weighted by Crippen LogP contribution is 2.09. The van der Waals surface area contributed by atoms with Crippen molar-refractivity contribution in [1.82, 2.24) is 19.6 Å². The van der Waals surface area contributed by atoms with Crippen LogP contribution in [-0.4, -0.2) is 37.6 Å². The van der Waals surface area contributed by atoms with E-state index in [0.717, 1.165) is 25.1 Å². The molecule has 0 saturated heterocycles. The minimum absolute atomic E-state index is 0. The van der Waals surface area contributed by atoms with Gasteiger partial charge in [-0.3, -0.25) is 0 Å². The van der Waals surface area contributed by atoms with Crippen LogP contribution in [0, 0.1) is 6.92 Å². The van der Waals surface area contributed by atoms with Gasteiger partial charge in [-0.15, -0.1) is 12.4 Å². The maximum atomic E-state index is 12.0. The van der Waals surface area contributed by atoms with Gasteiger partial charge in [-0.1, -0.05) is 11.6 Å². The number of rotatable bonds is 4. The van der Waals surface area contributed by atoms with E-state index in [0.29, 0.717) is 12.4 Å². The number of imidazole rings is 1. The molecule has 0 saturated carbocycles. The van der Waals surface area contributed by atoms with Gasteiger partial charge in [0.1, 0.15) is 5.82 Å². The van der Waals surface area contributed by atoms with Crippen LogP contribution in [0.4, 0.5) is 0 Å². The fourth-order valence-corrected chi connectivity index (χ4v) is 2.82. The maximum absolute atomic E-state index is 12.0. The number of halogens is 1. The van der Waals surface area contributed by atoms with Gasteiger partial charge in [-0.05, 0) is 19.9 Å². The molecule has 0 bridgehead atoms. The molecule has 1 aromatic rings. The van der Waals surface area contributed by atoms with Gasteiger partial charge in [-0.2, -0.15) is 0 Å². The largest absolute Gasteiger partial charge is 0.337 e. The van der Waals surface area contributed by atoms with Gasteiger partial charge in [-0.25, -0.2) is 18.1 Å². The second-order valence-corrected chi connectivity index (χ2v) is 6.09. The van der Waals surface area contributed by atoms with Crippen LogP contribution in [0.3, 0.4) is 0 Å². The molecule has 8 heteroatoms. The molecule has 1 aromatic heterocycles. The number of hydrogen-bond donors (Lipinski definition) is 2. The highest BCUT2D eigenvalue weighted by molar-refractivity contribution is 7.89. The van der Waals surface area contributed by atoms with Crippen molar-refractivity contribution in [3.05, 3.63) is 23.7 Å². The summed E-state index contributed by atoms with van der Waals surface area (Å²) in [5, 5.41) is 3.27. The molecule has 1 aliphatic heterocycles. The predicted octanol–water partition coefficient (Wildman–Crippen LogP) is 0.348. The average molecular weight is 307 g/mol. The van der Waals surface area contributed by atoms with Crippen molar-refractivity contribution in [3.63, 3.8) is 0 Å². The molecule has 0 aromatic carbocycles. The van der Waals surface area contributed by atoms with Gasteiger partial charge in [0.05, 0.1) is 0 Å². The Morgan fingerprint density at radius 1 is 1.53 bits per heavy atom. The molecule has 2 heterocycles. The van der Waals surface area contributed by atoms with E-state index in [1.165, 1.54) is 6.20 Å². The third-order valence-electron chi connectivity index (χ3n) is 3.01. The molecule has 6 nitrogen and oxygen atoms in total. The molecule has 108 valence electrons. The number of sulfonamides is 1. The molecule has 2 N–H and O–H groups in total. The van der Waals surface area contributed by atoms with Crippen LogP contribution in [0.5, 0.6) is 0 Å². The minimum atomic E-state index is -3.50. The summed E-state index contributed by atoms with van der Waals surface area (Å²) >= 11 is 0. The lowest BCUT2D eigenvalue weighted by Crippen LogP contribution is -2.29. The Morgan fingerprint density at radius 3 is 2.79 bits per heavy atom. The van der Waals surface area contributed by atoms with Crippen LogP contribution in [0.25, 0.3) is 0 Å². The first kappa shape index (κ1) is 16.2. The topological polar surface area (TPSA) is 76.0 Å². The van der Waals surface area contributed by atoms with Crippen molar-refractivity contribution in [2.45, 2.75) is 18.4 Å².